The van der Waals surface area contributed by atoms with Crippen LogP contribution >= 0.6 is 0 Å². The van der Waals surface area contributed by atoms with E-state index in [-0.39, 0.29) is 19.4 Å². The van der Waals surface area contributed by atoms with Gasteiger partial charge in [0.2, 0.25) is 0 Å². The molecule has 0 aromatic rings. The Morgan fingerprint density at radius 1 is 1.69 bits per heavy atom. The van der Waals surface area contributed by atoms with Crippen LogP contribution in [0.5, 0.6) is 0 Å². The molecule has 0 aliphatic rings. The van der Waals surface area contributed by atoms with Gasteiger partial charge in [-0.1, -0.05) is 5.01 Å². The molecule has 0 amide bonds. The monoisotopic (exact) mass is 190 g/mol. The maximum absolute atomic E-state index is 10.2. The van der Waals surface area contributed by atoms with Crippen molar-refractivity contribution in [1.82, 2.24) is 5.01 Å². The lowest BCUT2D eigenvalue weighted by Crippen LogP contribution is -2.41. The van der Waals surface area contributed by atoms with Crippen molar-refractivity contribution in [2.45, 2.75) is 12.8 Å². The molecule has 13 heavy (non-hydrogen) atoms. The minimum Gasteiger partial charge on any atom is -0.481 e. The number of hydrogen-bond acceptors (Lipinski definition) is 4. The molecule has 0 fully saturated rings. The first-order valence-corrected chi connectivity index (χ1v) is 3.42. The number of guanidine groups is 1. The van der Waals surface area contributed by atoms with Gasteiger partial charge in [-0.2, -0.15) is 0 Å². The molecule has 0 heterocycles. The van der Waals surface area contributed by atoms with Crippen LogP contribution < -0.4 is 5.73 Å². The number of nitro groups is 1. The Morgan fingerprint density at radius 2 is 2.23 bits per heavy atom. The van der Waals surface area contributed by atoms with Gasteiger partial charge in [-0.25, -0.2) is 10.1 Å². The van der Waals surface area contributed by atoms with E-state index in [2.05, 4.69) is 0 Å². The number of carbonyl (C=O) groups is 1. The summed E-state index contributed by atoms with van der Waals surface area (Å²) >= 11 is 0. The Hall–Kier alpha value is -1.86. The van der Waals surface area contributed by atoms with Crippen LogP contribution in [0.25, 0.3) is 0 Å². The van der Waals surface area contributed by atoms with E-state index in [1.54, 1.807) is 0 Å². The molecule has 0 rings (SSSR count). The fraction of sp³-hybridized carbons (Fsp3) is 0.600. The van der Waals surface area contributed by atoms with Crippen molar-refractivity contribution in [2.24, 2.45) is 5.73 Å². The van der Waals surface area contributed by atoms with Gasteiger partial charge in [-0.05, 0) is 6.42 Å². The smallest absolute Gasteiger partial charge is 0.303 e. The predicted molar refractivity (Wildman–Crippen MR) is 42.5 cm³/mol. The van der Waals surface area contributed by atoms with Crippen molar-refractivity contribution in [3.8, 4) is 0 Å². The summed E-state index contributed by atoms with van der Waals surface area (Å²) in [7, 11) is 0. The van der Waals surface area contributed by atoms with Crippen LogP contribution in [0.15, 0.2) is 0 Å². The fourth-order valence-corrected chi connectivity index (χ4v) is 0.670. The van der Waals surface area contributed by atoms with E-state index in [0.29, 0.717) is 5.01 Å². The van der Waals surface area contributed by atoms with Crippen molar-refractivity contribution < 1.29 is 14.9 Å². The molecule has 4 N–H and O–H groups in total. The summed E-state index contributed by atoms with van der Waals surface area (Å²) in [5, 5.41) is 24.7. The molecule has 0 aromatic carbocycles. The van der Waals surface area contributed by atoms with E-state index < -0.39 is 17.0 Å². The fourth-order valence-electron chi connectivity index (χ4n) is 0.670. The van der Waals surface area contributed by atoms with Crippen molar-refractivity contribution in [3.05, 3.63) is 10.1 Å². The van der Waals surface area contributed by atoms with Crippen LogP contribution in [0.2, 0.25) is 0 Å². The molecule has 0 atom stereocenters. The van der Waals surface area contributed by atoms with Crippen LogP contribution in [0.4, 0.5) is 0 Å². The van der Waals surface area contributed by atoms with E-state index in [1.807, 2.05) is 0 Å². The van der Waals surface area contributed by atoms with Gasteiger partial charge in [0, 0.05) is 6.42 Å². The van der Waals surface area contributed by atoms with E-state index in [0.717, 1.165) is 0 Å². The molecule has 0 unspecified atom stereocenters. The Kier molecular flexibility index (Phi) is 4.20. The van der Waals surface area contributed by atoms with Crippen molar-refractivity contribution in [1.29, 1.82) is 5.41 Å². The molecule has 0 radical (unpaired) electrons. The molecule has 0 aromatic heterocycles. The molecule has 0 spiro atoms. The van der Waals surface area contributed by atoms with Gasteiger partial charge >= 0.3 is 5.97 Å². The van der Waals surface area contributed by atoms with Crippen LogP contribution in [0.1, 0.15) is 12.8 Å². The minimum atomic E-state index is -1.04. The van der Waals surface area contributed by atoms with Gasteiger partial charge in [0.05, 0.1) is 6.54 Å². The third-order valence-corrected chi connectivity index (χ3v) is 1.24. The maximum Gasteiger partial charge on any atom is 0.303 e. The molecular formula is C5H10N4O4. The highest BCUT2D eigenvalue weighted by molar-refractivity contribution is 5.73. The second kappa shape index (κ2) is 4.91. The molecule has 0 aliphatic carbocycles. The number of nitrogens with two attached hydrogens (primary N) is 1. The van der Waals surface area contributed by atoms with Gasteiger partial charge in [-0.3, -0.25) is 10.2 Å². The van der Waals surface area contributed by atoms with Gasteiger partial charge in [-0.15, -0.1) is 0 Å². The Morgan fingerprint density at radius 3 is 2.54 bits per heavy atom. The highest BCUT2D eigenvalue weighted by Gasteiger charge is 2.17. The SMILES string of the molecule is N=C(N)N(CCCC(=O)O)[N+](=O)[O-]. The summed E-state index contributed by atoms with van der Waals surface area (Å²) in [4.78, 5) is 20.2. The first kappa shape index (κ1) is 11.1. The molecule has 74 valence electrons. The van der Waals surface area contributed by atoms with E-state index in [9.17, 15) is 14.9 Å². The van der Waals surface area contributed by atoms with Crippen molar-refractivity contribution in [2.75, 3.05) is 6.54 Å². The number of nitrogens with zero attached hydrogens (tertiary/aromatic N) is 2. The summed E-state index contributed by atoms with van der Waals surface area (Å²) < 4.78 is 0. The van der Waals surface area contributed by atoms with Crippen LogP contribution in [0, 0.1) is 15.5 Å². The zero-order valence-electron chi connectivity index (χ0n) is 6.77. The van der Waals surface area contributed by atoms with Crippen molar-refractivity contribution in [3.63, 3.8) is 0 Å². The molecule has 0 saturated carbocycles. The third-order valence-electron chi connectivity index (χ3n) is 1.24. The number of carboxylic acid groups (broad SMARTS) is 1. The average molecular weight is 190 g/mol. The number of nitrogens with one attached hydrogen (secondary N) is 1. The molecule has 8 nitrogen and oxygen atoms in total. The van der Waals surface area contributed by atoms with Gasteiger partial charge < -0.3 is 10.8 Å². The van der Waals surface area contributed by atoms with E-state index >= 15 is 0 Å². The Labute approximate surface area is 73.6 Å². The number of carboxylic acids is 1. The number of hydrazine groups is 1. The average Bonchev–Trinajstić information content (AvgIpc) is 1.95. The number of hydrogen-bond donors (Lipinski definition) is 3. The van der Waals surface area contributed by atoms with Gasteiger partial charge in [0.15, 0.2) is 5.03 Å². The normalized spacial score (nSPS) is 9.23. The van der Waals surface area contributed by atoms with E-state index in [1.165, 1.54) is 0 Å². The standard InChI is InChI=1S/C5H10N4O4/c6-5(7)8(9(12)13)3-1-2-4(10)11/h1-3H2,(H3,6,7)(H,10,11). The molecule has 0 bridgehead atoms. The maximum atomic E-state index is 10.2. The Bertz CT molecular complexity index is 215. The van der Waals surface area contributed by atoms with Crippen molar-refractivity contribution >= 4 is 11.9 Å². The lowest BCUT2D eigenvalue weighted by atomic mass is 10.3. The molecule has 0 aliphatic heterocycles. The second-order valence-electron chi connectivity index (χ2n) is 2.24. The lowest BCUT2D eigenvalue weighted by Gasteiger charge is -2.09. The summed E-state index contributed by atoms with van der Waals surface area (Å²) in [6.45, 7) is -0.172. The topological polar surface area (TPSA) is 134 Å². The number of rotatable bonds is 5. The minimum absolute atomic E-state index is 0.0793. The predicted octanol–water partition coefficient (Wildman–Crippen LogP) is -0.762. The summed E-state index contributed by atoms with van der Waals surface area (Å²) in [5.41, 5.74) is 4.87. The molecule has 0 saturated heterocycles. The zero-order valence-corrected chi connectivity index (χ0v) is 6.77. The van der Waals surface area contributed by atoms with Gasteiger partial charge in [0.1, 0.15) is 0 Å². The molecular weight excluding hydrogens is 180 g/mol. The van der Waals surface area contributed by atoms with Crippen LogP contribution in [-0.4, -0.2) is 33.6 Å². The zero-order chi connectivity index (χ0) is 10.4. The summed E-state index contributed by atoms with van der Waals surface area (Å²) in [5.74, 6) is -1.73. The highest BCUT2D eigenvalue weighted by atomic mass is 16.7. The van der Waals surface area contributed by atoms with Gasteiger partial charge in [0.25, 0.3) is 5.96 Å². The number of aliphatic carboxylic acids is 1. The summed E-state index contributed by atoms with van der Waals surface area (Å²) in [6, 6.07) is 0. The first-order chi connectivity index (χ1) is 5.95. The summed E-state index contributed by atoms with van der Waals surface area (Å²) in [6.07, 6.45) is -0.104. The van der Waals surface area contributed by atoms with Crippen LogP contribution in [0.3, 0.4) is 0 Å². The second-order valence-corrected chi connectivity index (χ2v) is 2.24. The van der Waals surface area contributed by atoms with E-state index in [4.69, 9.17) is 16.2 Å². The van der Waals surface area contributed by atoms with Crippen LogP contribution in [-0.2, 0) is 4.79 Å². The highest BCUT2D eigenvalue weighted by Crippen LogP contribution is 1.94. The lowest BCUT2D eigenvalue weighted by molar-refractivity contribution is -0.629. The first-order valence-electron chi connectivity index (χ1n) is 3.42. The third kappa shape index (κ3) is 4.56. The largest absolute Gasteiger partial charge is 0.481 e. The quantitative estimate of drug-likeness (QED) is 0.226. The Balaban J connectivity index is 3.91. The molecule has 8 heteroatoms.